The molecule has 1 unspecified atom stereocenters. The highest BCUT2D eigenvalue weighted by Gasteiger charge is 2.15. The van der Waals surface area contributed by atoms with Gasteiger partial charge < -0.3 is 16.0 Å². The Morgan fingerprint density at radius 1 is 1.50 bits per heavy atom. The molecule has 16 heavy (non-hydrogen) atoms. The molecule has 5 heteroatoms. The molecule has 1 rings (SSSR count). The summed E-state index contributed by atoms with van der Waals surface area (Å²) in [5.74, 6) is 0.0160. The molecule has 0 bridgehead atoms. The Morgan fingerprint density at radius 2 is 2.12 bits per heavy atom. The maximum atomic E-state index is 11.6. The van der Waals surface area contributed by atoms with E-state index in [1.807, 2.05) is 19.1 Å². The normalized spacial score (nSPS) is 12.0. The summed E-state index contributed by atoms with van der Waals surface area (Å²) in [7, 11) is 3.46. The minimum absolute atomic E-state index is 0.0160. The molecule has 0 aliphatic heterocycles. The number of hydrogen-bond acceptors (Lipinski definition) is 3. The van der Waals surface area contributed by atoms with Gasteiger partial charge in [0.05, 0.1) is 11.4 Å². The molecule has 0 saturated heterocycles. The van der Waals surface area contributed by atoms with Crippen molar-refractivity contribution >= 4 is 33.2 Å². The van der Waals surface area contributed by atoms with Crippen LogP contribution in [0.1, 0.15) is 6.92 Å². The van der Waals surface area contributed by atoms with Crippen LogP contribution in [0.2, 0.25) is 0 Å². The SMILES string of the molecule is CC(Nc1ccc(Br)cc1N)C(=O)N(C)C. The fourth-order valence-corrected chi connectivity index (χ4v) is 1.73. The number of hydrogen-bond donors (Lipinski definition) is 2. The van der Waals surface area contributed by atoms with Crippen LogP contribution in [-0.4, -0.2) is 30.9 Å². The van der Waals surface area contributed by atoms with Crippen molar-refractivity contribution in [3.63, 3.8) is 0 Å². The summed E-state index contributed by atoms with van der Waals surface area (Å²) in [6.45, 7) is 1.81. The van der Waals surface area contributed by atoms with Gasteiger partial charge in [0.2, 0.25) is 5.91 Å². The van der Waals surface area contributed by atoms with E-state index in [4.69, 9.17) is 5.73 Å². The molecular weight excluding hydrogens is 270 g/mol. The first-order valence-corrected chi connectivity index (χ1v) is 5.74. The van der Waals surface area contributed by atoms with Gasteiger partial charge >= 0.3 is 0 Å². The van der Waals surface area contributed by atoms with E-state index in [1.165, 1.54) is 0 Å². The van der Waals surface area contributed by atoms with Crippen LogP contribution in [-0.2, 0) is 4.79 Å². The number of nitrogens with two attached hydrogens (primary N) is 1. The van der Waals surface area contributed by atoms with Crippen LogP contribution in [0.15, 0.2) is 22.7 Å². The number of benzene rings is 1. The van der Waals surface area contributed by atoms with Gasteiger partial charge in [0.1, 0.15) is 6.04 Å². The fourth-order valence-electron chi connectivity index (χ4n) is 1.35. The second kappa shape index (κ2) is 5.21. The topological polar surface area (TPSA) is 58.4 Å². The summed E-state index contributed by atoms with van der Waals surface area (Å²) < 4.78 is 0.919. The van der Waals surface area contributed by atoms with Gasteiger partial charge in [0.15, 0.2) is 0 Å². The van der Waals surface area contributed by atoms with Gasteiger partial charge in [-0.05, 0) is 25.1 Å². The lowest BCUT2D eigenvalue weighted by molar-refractivity contribution is -0.129. The van der Waals surface area contributed by atoms with E-state index in [0.717, 1.165) is 10.2 Å². The second-order valence-corrected chi connectivity index (χ2v) is 4.75. The third-order valence-electron chi connectivity index (χ3n) is 2.20. The molecule has 3 N–H and O–H groups in total. The van der Waals surface area contributed by atoms with E-state index in [1.54, 1.807) is 25.1 Å². The molecule has 1 atom stereocenters. The van der Waals surface area contributed by atoms with Gasteiger partial charge in [-0.3, -0.25) is 4.79 Å². The van der Waals surface area contributed by atoms with Crippen molar-refractivity contribution < 1.29 is 4.79 Å². The van der Waals surface area contributed by atoms with Crippen LogP contribution in [0.25, 0.3) is 0 Å². The minimum atomic E-state index is -0.293. The Bertz CT molecular complexity index is 393. The van der Waals surface area contributed by atoms with Crippen LogP contribution in [0.5, 0.6) is 0 Å². The minimum Gasteiger partial charge on any atom is -0.397 e. The van der Waals surface area contributed by atoms with Crippen LogP contribution < -0.4 is 11.1 Å². The lowest BCUT2D eigenvalue weighted by atomic mass is 10.2. The Kier molecular flexibility index (Phi) is 4.18. The highest BCUT2D eigenvalue weighted by Crippen LogP contribution is 2.23. The van der Waals surface area contributed by atoms with E-state index in [2.05, 4.69) is 21.2 Å². The van der Waals surface area contributed by atoms with Gasteiger partial charge in [0.25, 0.3) is 0 Å². The lowest BCUT2D eigenvalue weighted by Gasteiger charge is -2.19. The number of halogens is 1. The number of nitrogens with zero attached hydrogens (tertiary/aromatic N) is 1. The average Bonchev–Trinajstić information content (AvgIpc) is 2.20. The summed E-state index contributed by atoms with van der Waals surface area (Å²) in [6, 6.07) is 5.23. The summed E-state index contributed by atoms with van der Waals surface area (Å²) in [5.41, 5.74) is 7.22. The molecule has 0 heterocycles. The summed E-state index contributed by atoms with van der Waals surface area (Å²) in [5, 5.41) is 3.08. The van der Waals surface area contributed by atoms with E-state index in [-0.39, 0.29) is 11.9 Å². The first-order chi connectivity index (χ1) is 7.41. The first-order valence-electron chi connectivity index (χ1n) is 4.94. The molecule has 88 valence electrons. The van der Waals surface area contributed by atoms with Gasteiger partial charge in [0, 0.05) is 18.6 Å². The fraction of sp³-hybridized carbons (Fsp3) is 0.364. The Labute approximate surface area is 104 Å². The molecule has 0 saturated carbocycles. The number of nitrogen functional groups attached to an aromatic ring is 1. The lowest BCUT2D eigenvalue weighted by Crippen LogP contribution is -2.36. The average molecular weight is 286 g/mol. The zero-order valence-electron chi connectivity index (χ0n) is 9.62. The monoisotopic (exact) mass is 285 g/mol. The number of carbonyl (C=O) groups excluding carboxylic acids is 1. The summed E-state index contributed by atoms with van der Waals surface area (Å²) in [4.78, 5) is 13.2. The largest absolute Gasteiger partial charge is 0.397 e. The predicted molar refractivity (Wildman–Crippen MR) is 70.3 cm³/mol. The van der Waals surface area contributed by atoms with Crippen molar-refractivity contribution in [1.29, 1.82) is 0 Å². The quantitative estimate of drug-likeness (QED) is 0.835. The smallest absolute Gasteiger partial charge is 0.244 e. The van der Waals surface area contributed by atoms with Gasteiger partial charge in [-0.15, -0.1) is 0 Å². The van der Waals surface area contributed by atoms with Gasteiger partial charge in [-0.1, -0.05) is 15.9 Å². The summed E-state index contributed by atoms with van der Waals surface area (Å²) in [6.07, 6.45) is 0. The molecule has 1 aromatic carbocycles. The zero-order valence-corrected chi connectivity index (χ0v) is 11.2. The van der Waals surface area contributed by atoms with Gasteiger partial charge in [-0.2, -0.15) is 0 Å². The highest BCUT2D eigenvalue weighted by atomic mass is 79.9. The third-order valence-corrected chi connectivity index (χ3v) is 2.69. The number of carbonyl (C=O) groups is 1. The molecule has 0 spiro atoms. The van der Waals surface area contributed by atoms with Crippen LogP contribution >= 0.6 is 15.9 Å². The van der Waals surface area contributed by atoms with Crippen molar-refractivity contribution in [3.8, 4) is 0 Å². The van der Waals surface area contributed by atoms with Crippen molar-refractivity contribution in [2.24, 2.45) is 0 Å². The number of nitrogens with one attached hydrogen (secondary N) is 1. The van der Waals surface area contributed by atoms with E-state index in [0.29, 0.717) is 5.69 Å². The number of amides is 1. The van der Waals surface area contributed by atoms with Crippen LogP contribution in [0.4, 0.5) is 11.4 Å². The maximum absolute atomic E-state index is 11.6. The molecule has 1 amide bonds. The van der Waals surface area contributed by atoms with E-state index in [9.17, 15) is 4.79 Å². The van der Waals surface area contributed by atoms with Crippen LogP contribution in [0, 0.1) is 0 Å². The van der Waals surface area contributed by atoms with E-state index >= 15 is 0 Å². The molecule has 4 nitrogen and oxygen atoms in total. The van der Waals surface area contributed by atoms with Crippen molar-refractivity contribution in [1.82, 2.24) is 4.90 Å². The Balaban J connectivity index is 2.77. The van der Waals surface area contributed by atoms with Crippen LogP contribution in [0.3, 0.4) is 0 Å². The number of anilines is 2. The van der Waals surface area contributed by atoms with Crippen molar-refractivity contribution in [2.45, 2.75) is 13.0 Å². The Hall–Kier alpha value is -1.23. The molecule has 0 aliphatic rings. The molecule has 0 aromatic heterocycles. The molecular formula is C11H16BrN3O. The molecule has 0 aliphatic carbocycles. The zero-order chi connectivity index (χ0) is 12.3. The van der Waals surface area contributed by atoms with Crippen molar-refractivity contribution in [2.75, 3.05) is 25.1 Å². The Morgan fingerprint density at radius 3 is 2.62 bits per heavy atom. The third kappa shape index (κ3) is 3.13. The number of rotatable bonds is 3. The molecule has 1 aromatic rings. The molecule has 0 radical (unpaired) electrons. The second-order valence-electron chi connectivity index (χ2n) is 3.83. The standard InChI is InChI=1S/C11H16BrN3O/c1-7(11(16)15(2)3)14-10-5-4-8(12)6-9(10)13/h4-7,14H,13H2,1-3H3. The van der Waals surface area contributed by atoms with E-state index < -0.39 is 0 Å². The number of likely N-dealkylation sites (N-methyl/N-ethyl adjacent to an activating group) is 1. The summed E-state index contributed by atoms with van der Waals surface area (Å²) >= 11 is 3.33. The maximum Gasteiger partial charge on any atom is 0.244 e. The molecule has 0 fully saturated rings. The van der Waals surface area contributed by atoms with Crippen molar-refractivity contribution in [3.05, 3.63) is 22.7 Å². The highest BCUT2D eigenvalue weighted by molar-refractivity contribution is 9.10. The predicted octanol–water partition coefficient (Wildman–Crippen LogP) is 1.92. The first kappa shape index (κ1) is 12.8. The van der Waals surface area contributed by atoms with Gasteiger partial charge in [-0.25, -0.2) is 0 Å².